The Bertz CT molecular complexity index is 3220. The quantitative estimate of drug-likeness (QED) is 0.143. The van der Waals surface area contributed by atoms with E-state index in [1.807, 2.05) is 30.6 Å². The van der Waals surface area contributed by atoms with Gasteiger partial charge in [0.1, 0.15) is 0 Å². The van der Waals surface area contributed by atoms with Crippen molar-refractivity contribution in [1.82, 2.24) is 9.97 Å². The molecule has 64 heavy (non-hydrogen) atoms. The SMILES string of the molecule is c1ccc(-c2ccc3c(c2)N(c2cnc(-c4ccccc4)nc2)c2cc(-c4ccccc4)cc4c2B3c2ccc(N(c3ccccc3)c3ccccc3)cc2N4c2ccccc2)cc1. The summed E-state index contributed by atoms with van der Waals surface area (Å²) in [6, 6.07) is 82.5. The van der Waals surface area contributed by atoms with Crippen molar-refractivity contribution in [1.29, 1.82) is 0 Å². The third-order valence-electron chi connectivity index (χ3n) is 12.5. The Hall–Kier alpha value is -8.48. The van der Waals surface area contributed by atoms with Crippen LogP contribution >= 0.6 is 0 Å². The molecule has 12 rings (SSSR count). The molecule has 300 valence electrons. The molecule has 0 spiro atoms. The summed E-state index contributed by atoms with van der Waals surface area (Å²) in [5.41, 5.74) is 19.0. The minimum atomic E-state index is -0.0821. The molecule has 6 heteroatoms. The molecule has 0 radical (unpaired) electrons. The Labute approximate surface area is 373 Å². The van der Waals surface area contributed by atoms with Crippen molar-refractivity contribution in [3.8, 4) is 33.6 Å². The van der Waals surface area contributed by atoms with Crippen LogP contribution in [0.4, 0.5) is 51.2 Å². The van der Waals surface area contributed by atoms with Crippen molar-refractivity contribution in [2.24, 2.45) is 0 Å². The minimum absolute atomic E-state index is 0.0821. The lowest BCUT2D eigenvalue weighted by atomic mass is 9.33. The normalized spacial score (nSPS) is 12.3. The number of para-hydroxylation sites is 3. The number of hydrogen-bond acceptors (Lipinski definition) is 5. The molecule has 0 saturated heterocycles. The van der Waals surface area contributed by atoms with Crippen LogP contribution in [0, 0.1) is 0 Å². The van der Waals surface area contributed by atoms with E-state index in [9.17, 15) is 0 Å². The highest BCUT2D eigenvalue weighted by molar-refractivity contribution is 7.00. The van der Waals surface area contributed by atoms with E-state index in [1.54, 1.807) is 0 Å². The zero-order valence-electron chi connectivity index (χ0n) is 34.9. The molecule has 0 amide bonds. The first-order valence-electron chi connectivity index (χ1n) is 21.8. The number of aromatic nitrogens is 2. The van der Waals surface area contributed by atoms with E-state index < -0.39 is 0 Å². The molecule has 10 aromatic rings. The Balaban J connectivity index is 1.15. The van der Waals surface area contributed by atoms with E-state index in [1.165, 1.54) is 16.4 Å². The molecule has 1 aromatic heterocycles. The first kappa shape index (κ1) is 37.3. The van der Waals surface area contributed by atoms with Gasteiger partial charge in [0.15, 0.2) is 5.82 Å². The second-order valence-electron chi connectivity index (χ2n) is 16.3. The maximum absolute atomic E-state index is 5.01. The van der Waals surface area contributed by atoms with Crippen molar-refractivity contribution in [2.45, 2.75) is 0 Å². The molecule has 5 nitrogen and oxygen atoms in total. The minimum Gasteiger partial charge on any atom is -0.311 e. The summed E-state index contributed by atoms with van der Waals surface area (Å²) >= 11 is 0. The van der Waals surface area contributed by atoms with E-state index >= 15 is 0 Å². The van der Waals surface area contributed by atoms with Crippen molar-refractivity contribution < 1.29 is 0 Å². The molecule has 9 aromatic carbocycles. The lowest BCUT2D eigenvalue weighted by Crippen LogP contribution is -2.61. The first-order valence-corrected chi connectivity index (χ1v) is 21.8. The highest BCUT2D eigenvalue weighted by atomic mass is 15.2. The van der Waals surface area contributed by atoms with Crippen molar-refractivity contribution in [3.05, 3.63) is 243 Å². The Morgan fingerprint density at radius 1 is 0.328 bits per heavy atom. The van der Waals surface area contributed by atoms with E-state index in [4.69, 9.17) is 9.97 Å². The molecule has 0 saturated carbocycles. The Morgan fingerprint density at radius 2 is 0.766 bits per heavy atom. The second kappa shape index (κ2) is 15.8. The van der Waals surface area contributed by atoms with Gasteiger partial charge in [0.25, 0.3) is 6.71 Å². The summed E-state index contributed by atoms with van der Waals surface area (Å²) in [5, 5.41) is 0. The fourth-order valence-electron chi connectivity index (χ4n) is 9.63. The van der Waals surface area contributed by atoms with Crippen molar-refractivity contribution in [2.75, 3.05) is 14.7 Å². The third-order valence-corrected chi connectivity index (χ3v) is 12.5. The van der Waals surface area contributed by atoms with Crippen LogP contribution in [0.15, 0.2) is 243 Å². The van der Waals surface area contributed by atoms with Crippen LogP contribution in [0.25, 0.3) is 33.6 Å². The molecule has 0 aliphatic carbocycles. The van der Waals surface area contributed by atoms with Crippen LogP contribution in [0.1, 0.15) is 0 Å². The summed E-state index contributed by atoms with van der Waals surface area (Å²) in [4.78, 5) is 17.3. The fourth-order valence-corrected chi connectivity index (χ4v) is 9.63. The van der Waals surface area contributed by atoms with Crippen LogP contribution in [0.2, 0.25) is 0 Å². The smallest absolute Gasteiger partial charge is 0.252 e. The van der Waals surface area contributed by atoms with Gasteiger partial charge >= 0.3 is 0 Å². The predicted molar refractivity (Wildman–Crippen MR) is 267 cm³/mol. The van der Waals surface area contributed by atoms with Gasteiger partial charge in [-0.2, -0.15) is 0 Å². The van der Waals surface area contributed by atoms with Gasteiger partial charge in [0.2, 0.25) is 0 Å². The van der Waals surface area contributed by atoms with Gasteiger partial charge in [-0.15, -0.1) is 0 Å². The molecule has 2 aliphatic rings. The van der Waals surface area contributed by atoms with Crippen LogP contribution in [0.5, 0.6) is 0 Å². The molecule has 2 aliphatic heterocycles. The van der Waals surface area contributed by atoms with Gasteiger partial charge in [-0.25, -0.2) is 9.97 Å². The molecule has 3 heterocycles. The number of benzene rings is 9. The highest BCUT2D eigenvalue weighted by Crippen LogP contribution is 2.48. The standard InChI is InChI=1S/C58H40BN5/c1-7-19-41(20-8-1)44-31-33-51-53(35-44)64(50-39-60-58(61-40-50)43-23-11-3-12-24-43)56-37-45(42-21-9-2-10-22-42)36-55-57(56)59(51)52-34-32-49(38-54(52)63(55)48-29-17-6-18-30-48)62(46-25-13-4-14-26-46)47-27-15-5-16-28-47/h1-40H. The van der Waals surface area contributed by atoms with Crippen molar-refractivity contribution in [3.63, 3.8) is 0 Å². The summed E-state index contributed by atoms with van der Waals surface area (Å²) in [5.74, 6) is 0.692. The zero-order valence-corrected chi connectivity index (χ0v) is 34.9. The van der Waals surface area contributed by atoms with Gasteiger partial charge in [-0.05, 0) is 105 Å². The van der Waals surface area contributed by atoms with Crippen LogP contribution in [-0.2, 0) is 0 Å². The predicted octanol–water partition coefficient (Wildman–Crippen LogP) is 13.0. The summed E-state index contributed by atoms with van der Waals surface area (Å²) in [6.07, 6.45) is 3.96. The summed E-state index contributed by atoms with van der Waals surface area (Å²) in [7, 11) is 0. The number of hydrogen-bond donors (Lipinski definition) is 0. The summed E-state index contributed by atoms with van der Waals surface area (Å²) < 4.78 is 0. The maximum Gasteiger partial charge on any atom is 0.252 e. The molecule has 0 atom stereocenters. The first-order chi connectivity index (χ1) is 31.8. The monoisotopic (exact) mass is 817 g/mol. The zero-order chi connectivity index (χ0) is 42.4. The number of anilines is 9. The summed E-state index contributed by atoms with van der Waals surface area (Å²) in [6.45, 7) is -0.0821. The molecule has 0 unspecified atom stereocenters. The average molecular weight is 818 g/mol. The van der Waals surface area contributed by atoms with Gasteiger partial charge in [0, 0.05) is 51.1 Å². The maximum atomic E-state index is 5.01. The van der Waals surface area contributed by atoms with E-state index in [-0.39, 0.29) is 6.71 Å². The van der Waals surface area contributed by atoms with Gasteiger partial charge < -0.3 is 14.7 Å². The van der Waals surface area contributed by atoms with E-state index in [2.05, 4.69) is 227 Å². The van der Waals surface area contributed by atoms with E-state index in [0.29, 0.717) is 5.82 Å². The number of fused-ring (bicyclic) bond motifs is 4. The fraction of sp³-hybridized carbons (Fsp3) is 0. The molecule has 0 N–H and O–H groups in total. The topological polar surface area (TPSA) is 35.5 Å². The van der Waals surface area contributed by atoms with Crippen molar-refractivity contribution >= 4 is 74.3 Å². The van der Waals surface area contributed by atoms with Crippen LogP contribution in [0.3, 0.4) is 0 Å². The molecule has 0 fully saturated rings. The highest BCUT2D eigenvalue weighted by Gasteiger charge is 2.44. The van der Waals surface area contributed by atoms with Crippen LogP contribution in [-0.4, -0.2) is 16.7 Å². The Kier molecular flexibility index (Phi) is 9.19. The molecule has 0 bridgehead atoms. The average Bonchev–Trinajstić information content (AvgIpc) is 3.38. The van der Waals surface area contributed by atoms with Gasteiger partial charge in [-0.3, -0.25) is 0 Å². The molecular weight excluding hydrogens is 777 g/mol. The second-order valence-corrected chi connectivity index (χ2v) is 16.3. The van der Waals surface area contributed by atoms with Gasteiger partial charge in [-0.1, -0.05) is 164 Å². The number of nitrogens with zero attached hydrogens (tertiary/aromatic N) is 5. The largest absolute Gasteiger partial charge is 0.311 e. The Morgan fingerprint density at radius 3 is 1.33 bits per heavy atom. The third kappa shape index (κ3) is 6.43. The number of rotatable bonds is 8. The van der Waals surface area contributed by atoms with Gasteiger partial charge in [0.05, 0.1) is 18.1 Å². The van der Waals surface area contributed by atoms with Crippen LogP contribution < -0.4 is 31.1 Å². The lowest BCUT2D eigenvalue weighted by molar-refractivity contribution is 1.14. The lowest BCUT2D eigenvalue weighted by Gasteiger charge is -2.44. The molecular formula is C58H40BN5. The van der Waals surface area contributed by atoms with E-state index in [0.717, 1.165) is 79.0 Å².